The van der Waals surface area contributed by atoms with Crippen LogP contribution in [0.3, 0.4) is 0 Å². The molecule has 0 amide bonds. The molecule has 0 aromatic carbocycles. The van der Waals surface area contributed by atoms with Crippen LogP contribution in [-0.4, -0.2) is 15.5 Å². The van der Waals surface area contributed by atoms with Crippen LogP contribution in [0.5, 0.6) is 0 Å². The molecule has 2 aromatic rings. The van der Waals surface area contributed by atoms with Gasteiger partial charge in [0, 0.05) is 4.88 Å². The Morgan fingerprint density at radius 3 is 3.05 bits per heavy atom. The van der Waals surface area contributed by atoms with E-state index in [9.17, 15) is 14.7 Å². The molecule has 0 saturated carbocycles. The molecule has 1 aliphatic carbocycles. The van der Waals surface area contributed by atoms with Crippen molar-refractivity contribution in [3.63, 3.8) is 0 Å². The second-order valence-electron chi connectivity index (χ2n) is 5.48. The van der Waals surface area contributed by atoms with Crippen LogP contribution in [0.1, 0.15) is 36.8 Å². The molecule has 0 saturated heterocycles. The number of aliphatic carboxylic acids is 1. The van der Waals surface area contributed by atoms with Gasteiger partial charge in [0.2, 0.25) is 0 Å². The zero-order valence-electron chi connectivity index (χ0n) is 11.4. The molecular weight excluding hydrogens is 276 g/mol. The maximum atomic E-state index is 12.5. The average molecular weight is 291 g/mol. The molecule has 20 heavy (non-hydrogen) atoms. The Labute approximate surface area is 119 Å². The Morgan fingerprint density at radius 1 is 1.60 bits per heavy atom. The SMILES string of the molecule is C[C@H]1CCc2c(sc3ncn([C@H](C)C(=O)[O-])c(=O)c23)C1. The summed E-state index contributed by atoms with van der Waals surface area (Å²) >= 11 is 1.56. The monoisotopic (exact) mass is 291 g/mol. The van der Waals surface area contributed by atoms with Gasteiger partial charge in [-0.3, -0.25) is 9.36 Å². The Hall–Kier alpha value is -1.69. The molecule has 0 unspecified atom stereocenters. The standard InChI is InChI=1S/C14H16N2O3S/c1-7-3-4-9-10(5-7)20-12-11(9)13(17)16(6-15-12)8(2)14(18)19/h6-8H,3-5H2,1-2H3,(H,18,19)/p-1/t7-,8+/m0/s1. The molecule has 0 radical (unpaired) electrons. The van der Waals surface area contributed by atoms with Crippen molar-refractivity contribution in [2.45, 2.75) is 39.2 Å². The van der Waals surface area contributed by atoms with Gasteiger partial charge in [-0.25, -0.2) is 4.98 Å². The van der Waals surface area contributed by atoms with Gasteiger partial charge in [-0.15, -0.1) is 11.3 Å². The third-order valence-electron chi connectivity index (χ3n) is 4.00. The molecule has 1 aliphatic rings. The number of aryl methyl sites for hydroxylation is 1. The fourth-order valence-corrected chi connectivity index (χ4v) is 4.07. The van der Waals surface area contributed by atoms with Crippen molar-refractivity contribution in [1.82, 2.24) is 9.55 Å². The van der Waals surface area contributed by atoms with Gasteiger partial charge in [-0.05, 0) is 37.7 Å². The number of nitrogens with zero attached hydrogens (tertiary/aromatic N) is 2. The van der Waals surface area contributed by atoms with Crippen molar-refractivity contribution in [3.8, 4) is 0 Å². The molecule has 2 heterocycles. The largest absolute Gasteiger partial charge is 0.548 e. The quantitative estimate of drug-likeness (QED) is 0.823. The lowest BCUT2D eigenvalue weighted by Gasteiger charge is -2.18. The lowest BCUT2D eigenvalue weighted by atomic mass is 9.89. The predicted octanol–water partition coefficient (Wildman–Crippen LogP) is 0.894. The number of rotatable bonds is 2. The van der Waals surface area contributed by atoms with E-state index in [-0.39, 0.29) is 5.56 Å². The van der Waals surface area contributed by atoms with Crippen molar-refractivity contribution in [2.24, 2.45) is 5.92 Å². The van der Waals surface area contributed by atoms with Gasteiger partial charge in [-0.1, -0.05) is 6.92 Å². The maximum Gasteiger partial charge on any atom is 0.262 e. The minimum atomic E-state index is -1.27. The minimum Gasteiger partial charge on any atom is -0.548 e. The van der Waals surface area contributed by atoms with E-state index >= 15 is 0 Å². The lowest BCUT2D eigenvalue weighted by Crippen LogP contribution is -2.36. The molecule has 0 aliphatic heterocycles. The molecule has 6 heteroatoms. The zero-order chi connectivity index (χ0) is 14.4. The summed E-state index contributed by atoms with van der Waals surface area (Å²) in [7, 11) is 0. The first-order valence-corrected chi connectivity index (χ1v) is 7.53. The second kappa shape index (κ2) is 4.70. The molecule has 5 nitrogen and oxygen atoms in total. The number of thiophene rings is 1. The molecule has 106 valence electrons. The first kappa shape index (κ1) is 13.3. The molecule has 0 spiro atoms. The summed E-state index contributed by atoms with van der Waals surface area (Å²) in [6.07, 6.45) is 4.22. The van der Waals surface area contributed by atoms with Crippen LogP contribution < -0.4 is 10.7 Å². The van der Waals surface area contributed by atoms with E-state index in [1.54, 1.807) is 11.3 Å². The summed E-state index contributed by atoms with van der Waals surface area (Å²) in [5.74, 6) is -0.647. The number of carbonyl (C=O) groups is 1. The van der Waals surface area contributed by atoms with Gasteiger partial charge < -0.3 is 9.90 Å². The van der Waals surface area contributed by atoms with Gasteiger partial charge in [0.05, 0.1) is 23.7 Å². The van der Waals surface area contributed by atoms with Gasteiger partial charge in [0.15, 0.2) is 0 Å². The van der Waals surface area contributed by atoms with Crippen molar-refractivity contribution < 1.29 is 9.90 Å². The molecule has 0 N–H and O–H groups in total. The number of fused-ring (bicyclic) bond motifs is 3. The van der Waals surface area contributed by atoms with Crippen LogP contribution in [-0.2, 0) is 17.6 Å². The summed E-state index contributed by atoms with van der Waals surface area (Å²) in [6, 6.07) is -1.00. The van der Waals surface area contributed by atoms with Gasteiger partial charge in [0.25, 0.3) is 5.56 Å². The van der Waals surface area contributed by atoms with Crippen LogP contribution in [0.4, 0.5) is 0 Å². The van der Waals surface area contributed by atoms with Gasteiger partial charge in [0.1, 0.15) is 4.83 Å². The van der Waals surface area contributed by atoms with E-state index in [4.69, 9.17) is 0 Å². The molecule has 2 aromatic heterocycles. The highest BCUT2D eigenvalue weighted by Crippen LogP contribution is 2.35. The minimum absolute atomic E-state index is 0.265. The highest BCUT2D eigenvalue weighted by atomic mass is 32.1. The predicted molar refractivity (Wildman–Crippen MR) is 74.8 cm³/mol. The fraction of sp³-hybridized carbons (Fsp3) is 0.500. The fourth-order valence-electron chi connectivity index (χ4n) is 2.73. The van der Waals surface area contributed by atoms with E-state index in [0.29, 0.717) is 11.3 Å². The van der Waals surface area contributed by atoms with Crippen LogP contribution in [0.25, 0.3) is 10.2 Å². The van der Waals surface area contributed by atoms with Crippen LogP contribution in [0.15, 0.2) is 11.1 Å². The number of hydrogen-bond acceptors (Lipinski definition) is 5. The van der Waals surface area contributed by atoms with E-state index in [0.717, 1.165) is 34.2 Å². The van der Waals surface area contributed by atoms with Gasteiger partial charge in [-0.2, -0.15) is 0 Å². The number of hydrogen-bond donors (Lipinski definition) is 0. The van der Waals surface area contributed by atoms with E-state index in [1.165, 1.54) is 18.1 Å². The molecule has 3 rings (SSSR count). The third-order valence-corrected chi connectivity index (χ3v) is 5.16. The van der Waals surface area contributed by atoms with E-state index in [1.807, 2.05) is 0 Å². The highest BCUT2D eigenvalue weighted by molar-refractivity contribution is 7.18. The van der Waals surface area contributed by atoms with Crippen molar-refractivity contribution in [2.75, 3.05) is 0 Å². The van der Waals surface area contributed by atoms with Gasteiger partial charge >= 0.3 is 0 Å². The molecule has 0 fully saturated rings. The summed E-state index contributed by atoms with van der Waals surface area (Å²) in [6.45, 7) is 3.64. The first-order chi connectivity index (χ1) is 9.49. The van der Waals surface area contributed by atoms with Crippen molar-refractivity contribution >= 4 is 27.5 Å². The van der Waals surface area contributed by atoms with Crippen molar-refractivity contribution in [1.29, 1.82) is 0 Å². The topological polar surface area (TPSA) is 75.0 Å². The normalized spacial score (nSPS) is 19.8. The zero-order valence-corrected chi connectivity index (χ0v) is 12.2. The molecular formula is C14H15N2O3S-. The Morgan fingerprint density at radius 2 is 2.35 bits per heavy atom. The number of carbonyl (C=O) groups excluding carboxylic acids is 1. The number of aromatic nitrogens is 2. The maximum absolute atomic E-state index is 12.5. The summed E-state index contributed by atoms with van der Waals surface area (Å²) in [5, 5.41) is 11.6. The average Bonchev–Trinajstić information content (AvgIpc) is 2.76. The summed E-state index contributed by atoms with van der Waals surface area (Å²) in [4.78, 5) is 29.7. The summed E-state index contributed by atoms with van der Waals surface area (Å²) in [5.41, 5.74) is 0.805. The summed E-state index contributed by atoms with van der Waals surface area (Å²) < 4.78 is 1.16. The lowest BCUT2D eigenvalue weighted by molar-refractivity contribution is -0.309. The van der Waals surface area contributed by atoms with Crippen LogP contribution in [0.2, 0.25) is 0 Å². The number of carboxylic acids is 1. The first-order valence-electron chi connectivity index (χ1n) is 6.71. The van der Waals surface area contributed by atoms with E-state index < -0.39 is 12.0 Å². The van der Waals surface area contributed by atoms with E-state index in [2.05, 4.69) is 11.9 Å². The Bertz CT molecular complexity index is 747. The van der Waals surface area contributed by atoms with Crippen molar-refractivity contribution in [3.05, 3.63) is 27.1 Å². The second-order valence-corrected chi connectivity index (χ2v) is 6.57. The smallest absolute Gasteiger partial charge is 0.262 e. The highest BCUT2D eigenvalue weighted by Gasteiger charge is 2.23. The third kappa shape index (κ3) is 1.95. The molecule has 0 bridgehead atoms. The van der Waals surface area contributed by atoms with Crippen LogP contribution in [0, 0.1) is 5.92 Å². The molecule has 2 atom stereocenters. The Balaban J connectivity index is 2.23. The Kier molecular flexibility index (Phi) is 3.12. The van der Waals surface area contributed by atoms with Crippen LogP contribution >= 0.6 is 11.3 Å². The number of carboxylic acid groups (broad SMARTS) is 1.